The lowest BCUT2D eigenvalue weighted by Crippen LogP contribution is -2.13. The van der Waals surface area contributed by atoms with Crippen molar-refractivity contribution in [1.82, 2.24) is 9.78 Å². The number of benzene rings is 1. The fourth-order valence-electron chi connectivity index (χ4n) is 2.19. The number of nitrogens with zero attached hydrogens (tertiary/aromatic N) is 2. The molecule has 1 atom stereocenters. The predicted octanol–water partition coefficient (Wildman–Crippen LogP) is 3.33. The van der Waals surface area contributed by atoms with E-state index < -0.39 is 6.10 Å². The van der Waals surface area contributed by atoms with Crippen LogP contribution in [-0.4, -0.2) is 29.1 Å². The average molecular weight is 355 g/mol. The van der Waals surface area contributed by atoms with Crippen LogP contribution < -0.4 is 9.47 Å². The van der Waals surface area contributed by atoms with Gasteiger partial charge >= 0.3 is 0 Å². The van der Waals surface area contributed by atoms with Gasteiger partial charge in [0.1, 0.15) is 17.5 Å². The number of halogens is 1. The number of methoxy groups -OCH3 is 2. The van der Waals surface area contributed by atoms with Crippen molar-refractivity contribution in [3.8, 4) is 11.5 Å². The van der Waals surface area contributed by atoms with Crippen molar-refractivity contribution in [2.45, 2.75) is 26.0 Å². The molecule has 1 N–H and O–H groups in total. The lowest BCUT2D eigenvalue weighted by atomic mass is 10.1. The van der Waals surface area contributed by atoms with Crippen LogP contribution in [0, 0.1) is 0 Å². The van der Waals surface area contributed by atoms with Crippen LogP contribution in [0.2, 0.25) is 0 Å². The molecule has 114 valence electrons. The highest BCUT2D eigenvalue weighted by molar-refractivity contribution is 9.10. The van der Waals surface area contributed by atoms with Crippen LogP contribution in [0.4, 0.5) is 0 Å². The fourth-order valence-corrected chi connectivity index (χ4v) is 2.65. The summed E-state index contributed by atoms with van der Waals surface area (Å²) >= 11 is 3.47. The second-order valence-corrected chi connectivity index (χ2v) is 5.78. The van der Waals surface area contributed by atoms with Gasteiger partial charge in [-0.1, -0.05) is 15.9 Å². The van der Waals surface area contributed by atoms with Crippen molar-refractivity contribution in [2.24, 2.45) is 0 Å². The van der Waals surface area contributed by atoms with E-state index in [2.05, 4.69) is 21.0 Å². The van der Waals surface area contributed by atoms with E-state index in [1.54, 1.807) is 31.2 Å². The normalized spacial score (nSPS) is 12.5. The molecule has 0 bridgehead atoms. The Morgan fingerprint density at radius 1 is 1.24 bits per heavy atom. The molecule has 0 amide bonds. The van der Waals surface area contributed by atoms with Gasteiger partial charge < -0.3 is 14.6 Å². The number of aromatic nitrogens is 2. The third kappa shape index (κ3) is 3.06. The fraction of sp³-hybridized carbons (Fsp3) is 0.400. The van der Waals surface area contributed by atoms with Gasteiger partial charge in [0, 0.05) is 16.1 Å². The highest BCUT2D eigenvalue weighted by Crippen LogP contribution is 2.36. The maximum absolute atomic E-state index is 10.8. The van der Waals surface area contributed by atoms with E-state index in [0.29, 0.717) is 22.8 Å². The molecule has 0 fully saturated rings. The summed E-state index contributed by atoms with van der Waals surface area (Å²) in [4.78, 5) is 0. The summed E-state index contributed by atoms with van der Waals surface area (Å²) in [6.07, 6.45) is 0.751. The molecule has 1 heterocycles. The maximum atomic E-state index is 10.8. The van der Waals surface area contributed by atoms with Gasteiger partial charge in [0.15, 0.2) is 5.75 Å². The Morgan fingerprint density at radius 3 is 2.52 bits per heavy atom. The molecular weight excluding hydrogens is 336 g/mol. The summed E-state index contributed by atoms with van der Waals surface area (Å²) in [5.74, 6) is 1.24. The first-order valence-corrected chi connectivity index (χ1v) is 7.41. The maximum Gasteiger partial charge on any atom is 0.163 e. The third-order valence-corrected chi connectivity index (χ3v) is 3.99. The first-order chi connectivity index (χ1) is 9.99. The highest BCUT2D eigenvalue weighted by Gasteiger charge is 2.24. The largest absolute Gasteiger partial charge is 0.497 e. The Morgan fingerprint density at radius 2 is 1.95 bits per heavy atom. The van der Waals surface area contributed by atoms with Gasteiger partial charge in [0.25, 0.3) is 0 Å². The molecule has 0 aliphatic heterocycles. The minimum absolute atomic E-state index is 0.114. The number of hydrogen-bond acceptors (Lipinski definition) is 4. The predicted molar refractivity (Wildman–Crippen MR) is 83.9 cm³/mol. The summed E-state index contributed by atoms with van der Waals surface area (Å²) < 4.78 is 13.1. The molecule has 2 rings (SSSR count). The van der Waals surface area contributed by atoms with Gasteiger partial charge in [0.2, 0.25) is 0 Å². The molecule has 6 heteroatoms. The van der Waals surface area contributed by atoms with E-state index in [4.69, 9.17) is 9.47 Å². The molecule has 0 saturated carbocycles. The van der Waals surface area contributed by atoms with Crippen molar-refractivity contribution in [3.63, 3.8) is 0 Å². The zero-order valence-corrected chi connectivity index (χ0v) is 14.1. The van der Waals surface area contributed by atoms with Crippen LogP contribution in [0.1, 0.15) is 37.3 Å². The van der Waals surface area contributed by atoms with Crippen LogP contribution in [-0.2, 0) is 0 Å². The zero-order chi connectivity index (χ0) is 15.6. The summed E-state index contributed by atoms with van der Waals surface area (Å²) in [5, 5.41) is 15.1. The SMILES string of the molecule is COc1ccc(Br)c(C(O)c2c(OC)cnn2C(C)C)c1. The number of aliphatic hydroxyl groups is 1. The lowest BCUT2D eigenvalue weighted by molar-refractivity contribution is 0.198. The van der Waals surface area contributed by atoms with E-state index in [1.165, 1.54) is 0 Å². The number of rotatable bonds is 5. The van der Waals surface area contributed by atoms with E-state index in [0.717, 1.165) is 4.47 Å². The van der Waals surface area contributed by atoms with Crippen molar-refractivity contribution in [3.05, 3.63) is 40.1 Å². The molecule has 2 aromatic rings. The zero-order valence-electron chi connectivity index (χ0n) is 12.5. The first-order valence-electron chi connectivity index (χ1n) is 6.62. The molecule has 0 radical (unpaired) electrons. The van der Waals surface area contributed by atoms with Crippen LogP contribution >= 0.6 is 15.9 Å². The Bertz CT molecular complexity index is 625. The van der Waals surface area contributed by atoms with Gasteiger partial charge in [-0.25, -0.2) is 0 Å². The Labute approximate surface area is 132 Å². The monoisotopic (exact) mass is 354 g/mol. The Hall–Kier alpha value is -1.53. The van der Waals surface area contributed by atoms with Gasteiger partial charge in [-0.2, -0.15) is 5.10 Å². The van der Waals surface area contributed by atoms with Crippen molar-refractivity contribution >= 4 is 15.9 Å². The minimum atomic E-state index is -0.866. The molecule has 21 heavy (non-hydrogen) atoms. The second kappa shape index (κ2) is 6.49. The van der Waals surface area contributed by atoms with E-state index in [9.17, 15) is 5.11 Å². The Kier molecular flexibility index (Phi) is 4.90. The van der Waals surface area contributed by atoms with E-state index in [1.807, 2.05) is 26.0 Å². The van der Waals surface area contributed by atoms with E-state index in [-0.39, 0.29) is 6.04 Å². The second-order valence-electron chi connectivity index (χ2n) is 4.93. The molecule has 0 aliphatic carbocycles. The van der Waals surface area contributed by atoms with Crippen LogP contribution in [0.25, 0.3) is 0 Å². The highest BCUT2D eigenvalue weighted by atomic mass is 79.9. The van der Waals surface area contributed by atoms with Gasteiger partial charge in [0.05, 0.1) is 20.4 Å². The van der Waals surface area contributed by atoms with Crippen LogP contribution in [0.15, 0.2) is 28.9 Å². The van der Waals surface area contributed by atoms with Crippen molar-refractivity contribution in [2.75, 3.05) is 14.2 Å². The minimum Gasteiger partial charge on any atom is -0.497 e. The third-order valence-electron chi connectivity index (χ3n) is 3.26. The number of hydrogen-bond donors (Lipinski definition) is 1. The van der Waals surface area contributed by atoms with Gasteiger partial charge in [-0.3, -0.25) is 4.68 Å². The summed E-state index contributed by atoms with van der Waals surface area (Å²) in [5.41, 5.74) is 1.33. The topological polar surface area (TPSA) is 56.5 Å². The lowest BCUT2D eigenvalue weighted by Gasteiger charge is -2.19. The number of aliphatic hydroxyl groups excluding tert-OH is 1. The molecule has 1 aromatic carbocycles. The van der Waals surface area contributed by atoms with Crippen LogP contribution in [0.3, 0.4) is 0 Å². The molecular formula is C15H19BrN2O3. The quantitative estimate of drug-likeness (QED) is 0.894. The average Bonchev–Trinajstić information content (AvgIpc) is 2.91. The number of ether oxygens (including phenoxy) is 2. The van der Waals surface area contributed by atoms with Gasteiger partial charge in [-0.15, -0.1) is 0 Å². The smallest absolute Gasteiger partial charge is 0.163 e. The first kappa shape index (κ1) is 15.9. The standard InChI is InChI=1S/C15H19BrN2O3/c1-9(2)18-14(13(21-4)8-17-18)15(19)11-7-10(20-3)5-6-12(11)16/h5-9,15,19H,1-4H3. The molecule has 5 nitrogen and oxygen atoms in total. The Balaban J connectivity index is 2.53. The van der Waals surface area contributed by atoms with Crippen LogP contribution in [0.5, 0.6) is 11.5 Å². The summed E-state index contributed by atoms with van der Waals surface area (Å²) in [6, 6.07) is 5.59. The molecule has 1 aromatic heterocycles. The molecule has 0 saturated heterocycles. The van der Waals surface area contributed by atoms with E-state index >= 15 is 0 Å². The molecule has 1 unspecified atom stereocenters. The van der Waals surface area contributed by atoms with Crippen molar-refractivity contribution in [1.29, 1.82) is 0 Å². The van der Waals surface area contributed by atoms with Crippen molar-refractivity contribution < 1.29 is 14.6 Å². The van der Waals surface area contributed by atoms with Gasteiger partial charge in [-0.05, 0) is 32.0 Å². The summed E-state index contributed by atoms with van der Waals surface area (Å²) in [6.45, 7) is 4.01. The molecule has 0 aliphatic rings. The summed E-state index contributed by atoms with van der Waals surface area (Å²) in [7, 11) is 3.16. The molecule has 0 spiro atoms.